The van der Waals surface area contributed by atoms with Crippen LogP contribution in [0.3, 0.4) is 0 Å². The number of aryl methyl sites for hydroxylation is 1. The van der Waals surface area contributed by atoms with Crippen LogP contribution in [0.15, 0.2) is 66.7 Å². The summed E-state index contributed by atoms with van der Waals surface area (Å²) in [4.78, 5) is 11.0. The molecule has 33 heavy (non-hydrogen) atoms. The number of rotatable bonds is 9. The number of hydrogen-bond donors (Lipinski definition) is 3. The van der Waals surface area contributed by atoms with E-state index < -0.39 is 12.1 Å². The molecule has 2 unspecified atom stereocenters. The number of hydrogen-bond acceptors (Lipinski definition) is 5. The summed E-state index contributed by atoms with van der Waals surface area (Å²) in [7, 11) is 0. The summed E-state index contributed by atoms with van der Waals surface area (Å²) in [6.45, 7) is 1.08. The van der Waals surface area contributed by atoms with E-state index in [9.17, 15) is 14.3 Å². The molecule has 0 aliphatic carbocycles. The number of carboxylic acid groups (broad SMARTS) is 1. The maximum absolute atomic E-state index is 12.9. The van der Waals surface area contributed by atoms with Crippen molar-refractivity contribution in [3.05, 3.63) is 83.7 Å². The normalized spacial score (nSPS) is 15.9. The summed E-state index contributed by atoms with van der Waals surface area (Å²) >= 11 is 0. The molecule has 3 aromatic rings. The fourth-order valence-electron chi connectivity index (χ4n) is 3.77. The van der Waals surface area contributed by atoms with Gasteiger partial charge in [0.1, 0.15) is 36.1 Å². The van der Waals surface area contributed by atoms with E-state index in [1.54, 1.807) is 12.1 Å². The number of nitrogens with one attached hydrogen (secondary N) is 1. The van der Waals surface area contributed by atoms with Crippen LogP contribution >= 0.6 is 0 Å². The molecule has 1 aliphatic rings. The topological polar surface area (TPSA) is 88.0 Å². The van der Waals surface area contributed by atoms with Gasteiger partial charge < -0.3 is 25.0 Å². The second kappa shape index (κ2) is 10.5. The van der Waals surface area contributed by atoms with Crippen molar-refractivity contribution in [3.8, 4) is 22.6 Å². The van der Waals surface area contributed by atoms with Crippen molar-refractivity contribution < 1.29 is 28.9 Å². The highest BCUT2D eigenvalue weighted by Crippen LogP contribution is 2.32. The Hall–Kier alpha value is -3.42. The van der Waals surface area contributed by atoms with Gasteiger partial charge >= 0.3 is 5.97 Å². The second-order valence-electron chi connectivity index (χ2n) is 8.06. The van der Waals surface area contributed by atoms with Gasteiger partial charge in [0.05, 0.1) is 5.56 Å². The lowest BCUT2D eigenvalue weighted by atomic mass is 9.96. The molecular weight excluding hydrogens is 425 g/mol. The number of benzene rings is 3. The Kier molecular flexibility index (Phi) is 7.22. The number of carbonyl (C=O) groups is 1. The summed E-state index contributed by atoms with van der Waals surface area (Å²) in [6.07, 6.45) is 1.03. The molecule has 1 heterocycles. The molecule has 3 aromatic carbocycles. The fraction of sp³-hybridized carbons (Fsp3) is 0.269. The average Bonchev–Trinajstić information content (AvgIpc) is 2.83. The molecule has 0 saturated heterocycles. The smallest absolute Gasteiger partial charge is 0.335 e. The van der Waals surface area contributed by atoms with Crippen LogP contribution in [-0.2, 0) is 6.42 Å². The first-order valence-electron chi connectivity index (χ1n) is 10.9. The molecule has 4 rings (SSSR count). The van der Waals surface area contributed by atoms with E-state index >= 15 is 0 Å². The zero-order valence-electron chi connectivity index (χ0n) is 18.0. The van der Waals surface area contributed by atoms with Crippen LogP contribution in [0.25, 0.3) is 11.1 Å². The quantitative estimate of drug-likeness (QED) is 0.457. The first-order chi connectivity index (χ1) is 16.0. The van der Waals surface area contributed by atoms with Gasteiger partial charge in [0, 0.05) is 13.1 Å². The Morgan fingerprint density at radius 1 is 1.09 bits per heavy atom. The summed E-state index contributed by atoms with van der Waals surface area (Å²) < 4.78 is 24.5. The van der Waals surface area contributed by atoms with Gasteiger partial charge in [-0.1, -0.05) is 18.2 Å². The number of ether oxygens (including phenoxy) is 2. The third-order valence-electron chi connectivity index (χ3n) is 5.56. The van der Waals surface area contributed by atoms with Crippen LogP contribution in [0.4, 0.5) is 4.39 Å². The third kappa shape index (κ3) is 6.09. The molecule has 0 aromatic heterocycles. The van der Waals surface area contributed by atoms with E-state index in [1.807, 2.05) is 24.3 Å². The molecule has 6 nitrogen and oxygen atoms in total. The zero-order chi connectivity index (χ0) is 23.2. The Morgan fingerprint density at radius 3 is 2.55 bits per heavy atom. The number of carboxylic acids is 1. The van der Waals surface area contributed by atoms with Gasteiger partial charge in [0.2, 0.25) is 0 Å². The predicted molar refractivity (Wildman–Crippen MR) is 122 cm³/mol. The Balaban J connectivity index is 1.24. The van der Waals surface area contributed by atoms with Crippen molar-refractivity contribution in [3.63, 3.8) is 0 Å². The third-order valence-corrected chi connectivity index (χ3v) is 5.56. The number of aliphatic hydroxyl groups excluding tert-OH is 1. The van der Waals surface area contributed by atoms with Crippen LogP contribution in [0, 0.1) is 5.82 Å². The monoisotopic (exact) mass is 451 g/mol. The molecule has 0 fully saturated rings. The average molecular weight is 451 g/mol. The molecule has 0 saturated carbocycles. The number of aliphatic hydroxyl groups is 1. The van der Waals surface area contributed by atoms with Gasteiger partial charge in [-0.05, 0) is 78.1 Å². The standard InChI is InChI=1S/C26H26FNO5/c27-21-7-10-23(11-8-21)32-16-22(29)14-28-15-24-9-5-20-13-19(6-12-25(20)33-24)17-1-3-18(4-2-17)26(30)31/h1-4,6-8,10-13,22,24,28-29H,5,9,14-16H2,(H,30,31). The lowest BCUT2D eigenvalue weighted by molar-refractivity contribution is 0.0697. The highest BCUT2D eigenvalue weighted by atomic mass is 19.1. The van der Waals surface area contributed by atoms with Crippen LogP contribution < -0.4 is 14.8 Å². The van der Waals surface area contributed by atoms with Gasteiger partial charge in [0.25, 0.3) is 0 Å². The summed E-state index contributed by atoms with van der Waals surface area (Å²) in [6, 6.07) is 18.5. The van der Waals surface area contributed by atoms with Crippen molar-refractivity contribution in [1.82, 2.24) is 5.32 Å². The highest BCUT2D eigenvalue weighted by molar-refractivity contribution is 5.88. The minimum atomic E-state index is -0.937. The van der Waals surface area contributed by atoms with E-state index in [-0.39, 0.29) is 24.1 Å². The molecule has 3 N–H and O–H groups in total. The Bertz CT molecular complexity index is 1080. The number of fused-ring (bicyclic) bond motifs is 1. The van der Waals surface area contributed by atoms with Gasteiger partial charge in [-0.2, -0.15) is 0 Å². The minimum absolute atomic E-state index is 0.00316. The molecule has 0 bridgehead atoms. The van der Waals surface area contributed by atoms with Crippen LogP contribution in [-0.4, -0.2) is 48.1 Å². The van der Waals surface area contributed by atoms with E-state index in [4.69, 9.17) is 14.6 Å². The summed E-state index contributed by atoms with van der Waals surface area (Å²) in [5, 5.41) is 22.4. The SMILES string of the molecule is O=C(O)c1ccc(-c2ccc3c(c2)CCC(CNCC(O)COc2ccc(F)cc2)O3)cc1. The van der Waals surface area contributed by atoms with Gasteiger partial charge in [0.15, 0.2) is 0 Å². The lowest BCUT2D eigenvalue weighted by Crippen LogP contribution is -2.39. The van der Waals surface area contributed by atoms with Gasteiger partial charge in [-0.3, -0.25) is 0 Å². The molecule has 0 amide bonds. The van der Waals surface area contributed by atoms with Crippen molar-refractivity contribution >= 4 is 5.97 Å². The van der Waals surface area contributed by atoms with Crippen molar-refractivity contribution in [2.45, 2.75) is 25.0 Å². The molecule has 7 heteroatoms. The van der Waals surface area contributed by atoms with E-state index in [0.717, 1.165) is 35.3 Å². The molecule has 172 valence electrons. The number of aromatic carboxylic acids is 1. The summed E-state index contributed by atoms with van der Waals surface area (Å²) in [5.41, 5.74) is 3.37. The van der Waals surface area contributed by atoms with Crippen molar-refractivity contribution in [1.29, 1.82) is 0 Å². The van der Waals surface area contributed by atoms with E-state index in [0.29, 0.717) is 18.8 Å². The largest absolute Gasteiger partial charge is 0.491 e. The number of halogens is 1. The van der Waals surface area contributed by atoms with Crippen LogP contribution in [0.2, 0.25) is 0 Å². The highest BCUT2D eigenvalue weighted by Gasteiger charge is 2.20. The second-order valence-corrected chi connectivity index (χ2v) is 8.06. The minimum Gasteiger partial charge on any atom is -0.491 e. The zero-order valence-corrected chi connectivity index (χ0v) is 18.0. The Morgan fingerprint density at radius 2 is 1.82 bits per heavy atom. The maximum atomic E-state index is 12.9. The van der Waals surface area contributed by atoms with Gasteiger partial charge in [-0.15, -0.1) is 0 Å². The lowest BCUT2D eigenvalue weighted by Gasteiger charge is -2.27. The van der Waals surface area contributed by atoms with E-state index in [1.165, 1.54) is 24.3 Å². The first kappa shape index (κ1) is 22.8. The Labute approximate surface area is 191 Å². The predicted octanol–water partition coefficient (Wildman–Crippen LogP) is 3.91. The van der Waals surface area contributed by atoms with Crippen LogP contribution in [0.1, 0.15) is 22.3 Å². The summed E-state index contributed by atoms with van der Waals surface area (Å²) in [5.74, 6) is 0.0937. The molecule has 0 spiro atoms. The van der Waals surface area contributed by atoms with E-state index in [2.05, 4.69) is 11.4 Å². The molecular formula is C26H26FNO5. The van der Waals surface area contributed by atoms with Crippen molar-refractivity contribution in [2.75, 3.05) is 19.7 Å². The molecule has 0 radical (unpaired) electrons. The molecule has 2 atom stereocenters. The van der Waals surface area contributed by atoms with Crippen LogP contribution in [0.5, 0.6) is 11.5 Å². The first-order valence-corrected chi connectivity index (χ1v) is 10.9. The van der Waals surface area contributed by atoms with Crippen molar-refractivity contribution in [2.24, 2.45) is 0 Å². The van der Waals surface area contributed by atoms with Gasteiger partial charge in [-0.25, -0.2) is 9.18 Å². The molecule has 1 aliphatic heterocycles. The maximum Gasteiger partial charge on any atom is 0.335 e. The fourth-order valence-corrected chi connectivity index (χ4v) is 3.77.